The van der Waals surface area contributed by atoms with Crippen LogP contribution in [0.5, 0.6) is 5.75 Å². The van der Waals surface area contributed by atoms with Crippen LogP contribution in [0.4, 0.5) is 14.5 Å². The molecule has 1 N–H and O–H groups in total. The molecule has 0 aliphatic carbocycles. The van der Waals surface area contributed by atoms with E-state index in [4.69, 9.17) is 4.84 Å². The SMILES string of the molecule is Cc1c(NC(=O)C(C)O/N=C/c2ccccc2OC(F)F)c(=O)n(-c2ccccc2)n1C. The molecule has 32 heavy (non-hydrogen) atoms. The number of oxime groups is 1. The first-order valence-electron chi connectivity index (χ1n) is 9.67. The first-order valence-corrected chi connectivity index (χ1v) is 9.67. The highest BCUT2D eigenvalue weighted by molar-refractivity contribution is 5.94. The Bertz CT molecular complexity index is 1170. The van der Waals surface area contributed by atoms with E-state index in [0.29, 0.717) is 11.4 Å². The van der Waals surface area contributed by atoms with Crippen LogP contribution in [0.1, 0.15) is 18.2 Å². The van der Waals surface area contributed by atoms with Crippen molar-refractivity contribution in [3.8, 4) is 11.4 Å². The second-order valence-corrected chi connectivity index (χ2v) is 6.82. The number of anilines is 1. The zero-order valence-corrected chi connectivity index (χ0v) is 17.7. The van der Waals surface area contributed by atoms with Gasteiger partial charge < -0.3 is 14.9 Å². The topological polar surface area (TPSA) is 86.9 Å². The molecule has 10 heteroatoms. The fourth-order valence-electron chi connectivity index (χ4n) is 2.95. The number of carbonyl (C=O) groups is 1. The number of alkyl halides is 2. The van der Waals surface area contributed by atoms with Crippen LogP contribution in [0.3, 0.4) is 0 Å². The monoisotopic (exact) mass is 444 g/mol. The minimum atomic E-state index is -2.98. The fourth-order valence-corrected chi connectivity index (χ4v) is 2.95. The first kappa shape index (κ1) is 22.7. The third kappa shape index (κ3) is 5.02. The van der Waals surface area contributed by atoms with Crippen LogP contribution in [0, 0.1) is 6.92 Å². The average molecular weight is 444 g/mol. The van der Waals surface area contributed by atoms with E-state index in [1.807, 2.05) is 6.07 Å². The van der Waals surface area contributed by atoms with Crippen molar-refractivity contribution in [1.29, 1.82) is 0 Å². The van der Waals surface area contributed by atoms with Crippen molar-refractivity contribution in [2.24, 2.45) is 12.2 Å². The van der Waals surface area contributed by atoms with Crippen molar-refractivity contribution in [3.63, 3.8) is 0 Å². The number of amides is 1. The van der Waals surface area contributed by atoms with Crippen LogP contribution in [0.15, 0.2) is 64.5 Å². The maximum absolute atomic E-state index is 12.9. The van der Waals surface area contributed by atoms with Gasteiger partial charge >= 0.3 is 6.61 Å². The molecule has 3 rings (SSSR count). The summed E-state index contributed by atoms with van der Waals surface area (Å²) in [5, 5.41) is 6.27. The standard InChI is InChI=1S/C22H22F2N4O4/c1-14-19(21(30)28(27(14)3)17-10-5-4-6-11-17)26-20(29)15(2)32-25-13-16-9-7-8-12-18(16)31-22(23)24/h4-13,15,22H,1-3H3,(H,26,29)/b25-13+. The molecule has 0 saturated heterocycles. The van der Waals surface area contributed by atoms with Crippen LogP contribution in [0.2, 0.25) is 0 Å². The Morgan fingerprint density at radius 2 is 1.78 bits per heavy atom. The largest absolute Gasteiger partial charge is 0.434 e. The highest BCUT2D eigenvalue weighted by atomic mass is 19.3. The smallest absolute Gasteiger partial charge is 0.387 e. The van der Waals surface area contributed by atoms with Crippen molar-refractivity contribution >= 4 is 17.8 Å². The minimum Gasteiger partial charge on any atom is -0.434 e. The summed E-state index contributed by atoms with van der Waals surface area (Å²) in [7, 11) is 1.71. The second-order valence-electron chi connectivity index (χ2n) is 6.82. The Morgan fingerprint density at radius 1 is 1.12 bits per heavy atom. The molecule has 1 amide bonds. The molecule has 168 valence electrons. The number of benzene rings is 2. The van der Waals surface area contributed by atoms with Gasteiger partial charge in [0, 0.05) is 12.6 Å². The lowest BCUT2D eigenvalue weighted by atomic mass is 10.2. The summed E-state index contributed by atoms with van der Waals surface area (Å²) in [6.07, 6.45) is 0.107. The van der Waals surface area contributed by atoms with Gasteiger partial charge in [0.15, 0.2) is 0 Å². The van der Waals surface area contributed by atoms with E-state index >= 15 is 0 Å². The van der Waals surface area contributed by atoms with E-state index in [2.05, 4.69) is 15.2 Å². The van der Waals surface area contributed by atoms with Crippen LogP contribution in [-0.2, 0) is 16.7 Å². The van der Waals surface area contributed by atoms with Gasteiger partial charge in [0.05, 0.1) is 17.6 Å². The van der Waals surface area contributed by atoms with Crippen molar-refractivity contribution in [1.82, 2.24) is 9.36 Å². The number of nitrogens with zero attached hydrogens (tertiary/aromatic N) is 3. The van der Waals surface area contributed by atoms with Gasteiger partial charge in [-0.25, -0.2) is 4.68 Å². The normalized spacial score (nSPS) is 12.2. The number of ether oxygens (including phenoxy) is 1. The predicted octanol–water partition coefficient (Wildman–Crippen LogP) is 3.46. The molecule has 2 aromatic carbocycles. The summed E-state index contributed by atoms with van der Waals surface area (Å²) in [6, 6.07) is 15.0. The molecule has 0 spiro atoms. The molecule has 0 radical (unpaired) electrons. The Hall–Kier alpha value is -3.95. The van der Waals surface area contributed by atoms with E-state index in [-0.39, 0.29) is 17.0 Å². The summed E-state index contributed by atoms with van der Waals surface area (Å²) < 4.78 is 32.5. The number of hydrogen-bond donors (Lipinski definition) is 1. The Kier molecular flexibility index (Phi) is 7.04. The number of carbonyl (C=O) groups excluding carboxylic acids is 1. The predicted molar refractivity (Wildman–Crippen MR) is 116 cm³/mol. The maximum atomic E-state index is 12.9. The van der Waals surface area contributed by atoms with Gasteiger partial charge in [-0.15, -0.1) is 0 Å². The first-order chi connectivity index (χ1) is 15.3. The number of nitrogens with one attached hydrogen (secondary N) is 1. The van der Waals surface area contributed by atoms with Gasteiger partial charge in [-0.2, -0.15) is 8.78 Å². The highest BCUT2D eigenvalue weighted by Gasteiger charge is 2.21. The van der Waals surface area contributed by atoms with Crippen LogP contribution in [-0.4, -0.2) is 34.2 Å². The van der Waals surface area contributed by atoms with Crippen LogP contribution < -0.4 is 15.6 Å². The summed E-state index contributed by atoms with van der Waals surface area (Å²) in [5.74, 6) is -0.668. The molecule has 1 unspecified atom stereocenters. The Morgan fingerprint density at radius 3 is 2.47 bits per heavy atom. The van der Waals surface area contributed by atoms with E-state index in [0.717, 1.165) is 6.21 Å². The lowest BCUT2D eigenvalue weighted by molar-refractivity contribution is -0.126. The summed E-state index contributed by atoms with van der Waals surface area (Å²) in [6.45, 7) is 0.173. The Balaban J connectivity index is 1.71. The average Bonchev–Trinajstić information content (AvgIpc) is 2.98. The van der Waals surface area contributed by atoms with Gasteiger partial charge in [0.1, 0.15) is 11.4 Å². The quantitative estimate of drug-likeness (QED) is 0.426. The number of halogens is 2. The number of hydrogen-bond acceptors (Lipinski definition) is 5. The van der Waals surface area contributed by atoms with Crippen molar-refractivity contribution in [3.05, 3.63) is 76.2 Å². The molecule has 8 nitrogen and oxygen atoms in total. The zero-order valence-electron chi connectivity index (χ0n) is 17.7. The molecule has 0 saturated carbocycles. The summed E-state index contributed by atoms with van der Waals surface area (Å²) in [5.41, 5.74) is 1.20. The zero-order chi connectivity index (χ0) is 23.3. The number of aromatic nitrogens is 2. The van der Waals surface area contributed by atoms with E-state index in [9.17, 15) is 18.4 Å². The number of rotatable bonds is 8. The van der Waals surface area contributed by atoms with Crippen LogP contribution >= 0.6 is 0 Å². The number of para-hydroxylation sites is 2. The molecule has 0 fully saturated rings. The van der Waals surface area contributed by atoms with Gasteiger partial charge in [-0.3, -0.25) is 14.3 Å². The van der Waals surface area contributed by atoms with Crippen molar-refractivity contribution in [2.45, 2.75) is 26.6 Å². The molecule has 0 aliphatic rings. The highest BCUT2D eigenvalue weighted by Crippen LogP contribution is 2.19. The molecule has 3 aromatic rings. The molecule has 0 aliphatic heterocycles. The van der Waals surface area contributed by atoms with E-state index in [1.54, 1.807) is 49.0 Å². The lowest BCUT2D eigenvalue weighted by Crippen LogP contribution is -2.29. The third-order valence-corrected chi connectivity index (χ3v) is 4.72. The fraction of sp³-hybridized carbons (Fsp3) is 0.227. The van der Waals surface area contributed by atoms with Crippen molar-refractivity contribution < 1.29 is 23.1 Å². The van der Waals surface area contributed by atoms with Gasteiger partial charge in [-0.05, 0) is 38.1 Å². The third-order valence-electron chi connectivity index (χ3n) is 4.72. The molecule has 0 bridgehead atoms. The summed E-state index contributed by atoms with van der Waals surface area (Å²) in [4.78, 5) is 30.6. The molecular formula is C22H22F2N4O4. The van der Waals surface area contributed by atoms with Gasteiger partial charge in [-0.1, -0.05) is 35.5 Å². The molecule has 1 aromatic heterocycles. The van der Waals surface area contributed by atoms with E-state index in [1.165, 1.54) is 29.8 Å². The molecule has 1 atom stereocenters. The van der Waals surface area contributed by atoms with E-state index < -0.39 is 24.2 Å². The minimum absolute atomic E-state index is 0.0756. The van der Waals surface area contributed by atoms with Gasteiger partial charge in [0.2, 0.25) is 6.10 Å². The van der Waals surface area contributed by atoms with Crippen LogP contribution in [0.25, 0.3) is 5.69 Å². The molecular weight excluding hydrogens is 422 g/mol. The second kappa shape index (κ2) is 9.90. The lowest BCUT2D eigenvalue weighted by Gasteiger charge is -2.10. The Labute approximate surface area is 182 Å². The maximum Gasteiger partial charge on any atom is 0.387 e. The summed E-state index contributed by atoms with van der Waals surface area (Å²) >= 11 is 0. The van der Waals surface area contributed by atoms with Crippen molar-refractivity contribution in [2.75, 3.05) is 5.32 Å². The molecule has 1 heterocycles. The van der Waals surface area contributed by atoms with Gasteiger partial charge in [0.25, 0.3) is 11.5 Å².